The molecule has 0 saturated carbocycles. The number of benzene rings is 3. The number of Topliss-reactive ketones (excluding diaryl/α,β-unsaturated/α-hetero) is 1. The zero-order chi connectivity index (χ0) is 33.1. The highest BCUT2D eigenvalue weighted by Gasteiger charge is 2.24. The second kappa shape index (κ2) is 16.3. The predicted octanol–water partition coefficient (Wildman–Crippen LogP) is 7.86. The number of sulfone groups is 1. The molecule has 242 valence electrons. The lowest BCUT2D eigenvalue weighted by Gasteiger charge is -2.13. The van der Waals surface area contributed by atoms with Crippen molar-refractivity contribution in [1.82, 2.24) is 9.97 Å². The molecular formula is C37H42N2O6S. The maximum absolute atomic E-state index is 12.9. The molecule has 0 aliphatic carbocycles. The van der Waals surface area contributed by atoms with Crippen molar-refractivity contribution in [3.05, 3.63) is 96.3 Å². The molecule has 0 amide bonds. The fourth-order valence-corrected chi connectivity index (χ4v) is 6.09. The lowest BCUT2D eigenvalue weighted by molar-refractivity contribution is -0.141. The van der Waals surface area contributed by atoms with Gasteiger partial charge in [0, 0.05) is 35.5 Å². The molecule has 0 aliphatic heterocycles. The molecule has 9 heteroatoms. The van der Waals surface area contributed by atoms with Crippen molar-refractivity contribution in [3.63, 3.8) is 0 Å². The van der Waals surface area contributed by atoms with Gasteiger partial charge in [-0.05, 0) is 62.1 Å². The lowest BCUT2D eigenvalue weighted by atomic mass is 9.92. The minimum Gasteiger partial charge on any atom is -0.494 e. The number of carboxylic acid groups (broad SMARTS) is 1. The van der Waals surface area contributed by atoms with Crippen LogP contribution in [0.1, 0.15) is 75.2 Å². The molecular weight excluding hydrogens is 600 g/mol. The Morgan fingerprint density at radius 1 is 0.783 bits per heavy atom. The van der Waals surface area contributed by atoms with Crippen LogP contribution in [0, 0.1) is 5.92 Å². The Bertz CT molecular complexity index is 1680. The van der Waals surface area contributed by atoms with Crippen LogP contribution >= 0.6 is 0 Å². The van der Waals surface area contributed by atoms with Crippen LogP contribution in [0.15, 0.2) is 90.1 Å². The van der Waals surface area contributed by atoms with Gasteiger partial charge in [-0.15, -0.1) is 0 Å². The van der Waals surface area contributed by atoms with Gasteiger partial charge in [-0.3, -0.25) is 9.59 Å². The van der Waals surface area contributed by atoms with Crippen molar-refractivity contribution in [1.29, 1.82) is 0 Å². The molecule has 4 aromatic rings. The third-order valence-corrected chi connectivity index (χ3v) is 10.1. The molecule has 8 nitrogen and oxygen atoms in total. The summed E-state index contributed by atoms with van der Waals surface area (Å²) in [4.78, 5) is 34.1. The summed E-state index contributed by atoms with van der Waals surface area (Å²) in [6.07, 6.45) is 9.51. The first-order chi connectivity index (χ1) is 22.1. The Kier molecular flexibility index (Phi) is 12.2. The van der Waals surface area contributed by atoms with Crippen molar-refractivity contribution in [2.45, 2.75) is 75.9 Å². The van der Waals surface area contributed by atoms with Crippen LogP contribution in [0.2, 0.25) is 0 Å². The van der Waals surface area contributed by atoms with Gasteiger partial charge in [0.25, 0.3) is 0 Å². The number of ketones is 1. The molecule has 1 N–H and O–H groups in total. The van der Waals surface area contributed by atoms with E-state index in [2.05, 4.69) is 16.9 Å². The first kappa shape index (κ1) is 34.5. The number of hydrogen-bond acceptors (Lipinski definition) is 7. The molecule has 0 bridgehead atoms. The molecule has 0 unspecified atom stereocenters. The summed E-state index contributed by atoms with van der Waals surface area (Å²) in [6, 6.07) is 20.9. The Labute approximate surface area is 271 Å². The molecule has 0 spiro atoms. The Hall–Kier alpha value is -4.37. The summed E-state index contributed by atoms with van der Waals surface area (Å²) in [5, 5.41) is 9.24. The summed E-state index contributed by atoms with van der Waals surface area (Å²) >= 11 is 0. The molecule has 4 rings (SSSR count). The fourth-order valence-electron chi connectivity index (χ4n) is 5.03. The van der Waals surface area contributed by atoms with Gasteiger partial charge in [0.15, 0.2) is 21.4 Å². The van der Waals surface area contributed by atoms with Crippen LogP contribution in [-0.2, 0) is 21.1 Å². The van der Waals surface area contributed by atoms with Crippen molar-refractivity contribution >= 4 is 21.6 Å². The molecule has 0 saturated heterocycles. The summed E-state index contributed by atoms with van der Waals surface area (Å²) in [5.41, 5.74) is 3.71. The largest absolute Gasteiger partial charge is 0.494 e. The number of carbonyl (C=O) groups is 2. The summed E-state index contributed by atoms with van der Waals surface area (Å²) < 4.78 is 30.6. The minimum atomic E-state index is -3.46. The van der Waals surface area contributed by atoms with Gasteiger partial charge in [0.2, 0.25) is 0 Å². The number of nitrogens with zero attached hydrogens (tertiary/aromatic N) is 2. The molecule has 3 aromatic carbocycles. The molecule has 1 heterocycles. The van der Waals surface area contributed by atoms with E-state index in [0.29, 0.717) is 5.82 Å². The smallest absolute Gasteiger partial charge is 0.307 e. The van der Waals surface area contributed by atoms with Gasteiger partial charge in [-0.1, -0.05) is 81.1 Å². The number of carbonyl (C=O) groups excluding carboxylic acids is 1. The number of carboxylic acids is 1. The Morgan fingerprint density at radius 2 is 1.39 bits per heavy atom. The molecule has 1 atom stereocenters. The van der Waals surface area contributed by atoms with E-state index in [-0.39, 0.29) is 29.1 Å². The first-order valence-corrected chi connectivity index (χ1v) is 17.4. The van der Waals surface area contributed by atoms with E-state index in [4.69, 9.17) is 4.74 Å². The highest BCUT2D eigenvalue weighted by atomic mass is 32.2. The van der Waals surface area contributed by atoms with Crippen LogP contribution < -0.4 is 4.74 Å². The maximum atomic E-state index is 12.9. The quantitative estimate of drug-likeness (QED) is 0.0912. The van der Waals surface area contributed by atoms with Gasteiger partial charge in [0.1, 0.15) is 5.75 Å². The fraction of sp³-hybridized carbons (Fsp3) is 0.351. The van der Waals surface area contributed by atoms with E-state index in [1.54, 1.807) is 26.2 Å². The van der Waals surface area contributed by atoms with E-state index < -0.39 is 27.0 Å². The Morgan fingerprint density at radius 3 is 1.98 bits per heavy atom. The number of unbranched alkanes of at least 4 members (excludes halogenated alkanes) is 4. The third-order valence-electron chi connectivity index (χ3n) is 7.96. The van der Waals surface area contributed by atoms with Crippen molar-refractivity contribution in [2.24, 2.45) is 5.92 Å². The summed E-state index contributed by atoms with van der Waals surface area (Å²) in [5.74, 6) is -0.968. The van der Waals surface area contributed by atoms with Crippen LogP contribution in [-0.4, -0.2) is 47.1 Å². The van der Waals surface area contributed by atoms with Crippen molar-refractivity contribution in [3.8, 4) is 28.3 Å². The number of hydrogen-bond donors (Lipinski definition) is 1. The highest BCUT2D eigenvalue weighted by Crippen LogP contribution is 2.25. The van der Waals surface area contributed by atoms with E-state index in [1.807, 2.05) is 48.5 Å². The zero-order valence-corrected chi connectivity index (χ0v) is 27.5. The highest BCUT2D eigenvalue weighted by molar-refractivity contribution is 7.92. The van der Waals surface area contributed by atoms with Crippen LogP contribution in [0.5, 0.6) is 5.75 Å². The van der Waals surface area contributed by atoms with Crippen LogP contribution in [0.3, 0.4) is 0 Å². The molecule has 46 heavy (non-hydrogen) atoms. The lowest BCUT2D eigenvalue weighted by Crippen LogP contribution is -2.20. The number of rotatable bonds is 17. The second-order valence-corrected chi connectivity index (χ2v) is 14.3. The van der Waals surface area contributed by atoms with E-state index >= 15 is 0 Å². The second-order valence-electron chi connectivity index (χ2n) is 11.8. The SMILES string of the molecule is CCCCCCCOc1ccc(-c2cnc(-c3ccc(C[C@H](CC(=O)c4ccc(S(=O)(=O)C(C)C)cc4)C(=O)O)cc3)nc2)cc1. The number of ether oxygens (including phenoxy) is 1. The van der Waals surface area contributed by atoms with Crippen molar-refractivity contribution in [2.75, 3.05) is 6.61 Å². The van der Waals surface area contributed by atoms with Gasteiger partial charge >= 0.3 is 5.97 Å². The zero-order valence-electron chi connectivity index (χ0n) is 26.7. The standard InChI is InChI=1S/C37H42N2O6S/c1-4-5-6-7-8-21-45-33-17-13-28(14-18-33)32-24-38-36(39-25-32)30-11-9-27(10-12-30)22-31(37(41)42)23-35(40)29-15-19-34(20-16-29)46(43,44)26(2)3/h9-20,24-26,31H,4-8,21-23H2,1-3H3,(H,41,42)/t31-/m1/s1. The molecule has 0 aliphatic rings. The van der Waals surface area contributed by atoms with Crippen LogP contribution in [0.4, 0.5) is 0 Å². The monoisotopic (exact) mass is 642 g/mol. The normalized spacial score (nSPS) is 12.2. The average Bonchev–Trinajstić information content (AvgIpc) is 3.06. The summed E-state index contributed by atoms with van der Waals surface area (Å²) in [6.45, 7) is 6.11. The predicted molar refractivity (Wildman–Crippen MR) is 180 cm³/mol. The van der Waals surface area contributed by atoms with Crippen molar-refractivity contribution < 1.29 is 27.9 Å². The van der Waals surface area contributed by atoms with Crippen LogP contribution in [0.25, 0.3) is 22.5 Å². The van der Waals surface area contributed by atoms with Gasteiger partial charge < -0.3 is 9.84 Å². The minimum absolute atomic E-state index is 0.135. The van der Waals surface area contributed by atoms with E-state index in [0.717, 1.165) is 41.0 Å². The number of aromatic nitrogens is 2. The van der Waals surface area contributed by atoms with Gasteiger partial charge in [0.05, 0.1) is 22.7 Å². The molecule has 1 aromatic heterocycles. The third kappa shape index (κ3) is 9.33. The van der Waals surface area contributed by atoms with Gasteiger partial charge in [-0.25, -0.2) is 18.4 Å². The molecule has 0 radical (unpaired) electrons. The van der Waals surface area contributed by atoms with E-state index in [9.17, 15) is 23.1 Å². The topological polar surface area (TPSA) is 124 Å². The molecule has 0 fully saturated rings. The summed E-state index contributed by atoms with van der Waals surface area (Å²) in [7, 11) is -3.46. The average molecular weight is 643 g/mol. The number of aliphatic carboxylic acids is 1. The van der Waals surface area contributed by atoms with E-state index in [1.165, 1.54) is 49.9 Å². The van der Waals surface area contributed by atoms with Gasteiger partial charge in [-0.2, -0.15) is 0 Å². The first-order valence-electron chi connectivity index (χ1n) is 15.8. The Balaban J connectivity index is 1.33. The maximum Gasteiger partial charge on any atom is 0.307 e.